The molecule has 8 aliphatic rings. The Morgan fingerprint density at radius 2 is 0.991 bits per heavy atom. The van der Waals surface area contributed by atoms with Gasteiger partial charge in [0.2, 0.25) is 0 Å². The zero-order valence-corrected chi connectivity index (χ0v) is 68.6. The van der Waals surface area contributed by atoms with Crippen LogP contribution in [0.1, 0.15) is 232 Å². The van der Waals surface area contributed by atoms with Gasteiger partial charge in [-0.25, -0.2) is 9.59 Å². The van der Waals surface area contributed by atoms with Gasteiger partial charge >= 0.3 is 24.1 Å². The van der Waals surface area contributed by atoms with Gasteiger partial charge in [0, 0.05) is 68.7 Å². The zero-order chi connectivity index (χ0) is 75.6. The van der Waals surface area contributed by atoms with Crippen molar-refractivity contribution in [1.82, 2.24) is 14.7 Å². The van der Waals surface area contributed by atoms with E-state index in [9.17, 15) is 60.0 Å². The quantitative estimate of drug-likeness (QED) is 0.00646. The summed E-state index contributed by atoms with van der Waals surface area (Å²) >= 11 is 0. The Bertz CT molecular complexity index is 2870. The van der Waals surface area contributed by atoms with Crippen LogP contribution < -0.4 is 0 Å². The van der Waals surface area contributed by atoms with Crippen molar-refractivity contribution in [3.05, 3.63) is 79.3 Å². The van der Waals surface area contributed by atoms with Crippen LogP contribution in [0.15, 0.2) is 71.9 Å². The van der Waals surface area contributed by atoms with E-state index in [0.717, 1.165) is 30.7 Å². The molecule has 2 aliphatic carbocycles. The van der Waals surface area contributed by atoms with E-state index in [0.29, 0.717) is 75.1 Å². The van der Waals surface area contributed by atoms with E-state index in [1.54, 1.807) is 92.2 Å². The molecule has 2 amide bonds. The van der Waals surface area contributed by atoms with Gasteiger partial charge < -0.3 is 86.1 Å². The average molecular weight is 1610 g/mol. The lowest BCUT2D eigenvalue weighted by Gasteiger charge is -2.47. The summed E-state index contributed by atoms with van der Waals surface area (Å²) in [6, 6.07) is 1.21. The number of carbonyl (C=O) groups is 4. The van der Waals surface area contributed by atoms with Gasteiger partial charge in [0.1, 0.15) is 23.4 Å². The van der Waals surface area contributed by atoms with E-state index in [1.807, 2.05) is 61.5 Å². The molecule has 0 radical (unpaired) electrons. The highest BCUT2D eigenvalue weighted by Gasteiger charge is 2.49. The molecule has 0 aromatic rings. The first kappa shape index (κ1) is 94.5. The number of allylic oxidation sites excluding steroid dienone is 4. The molecule has 6 heterocycles. The minimum absolute atomic E-state index is 0. The lowest BCUT2D eigenvalue weighted by molar-refractivity contribution is -0.937. The molecule has 6 aliphatic heterocycles. The van der Waals surface area contributed by atoms with Crippen LogP contribution in [0.5, 0.6) is 0 Å². The Kier molecular flexibility index (Phi) is 38.6. The minimum atomic E-state index is -1.48. The van der Waals surface area contributed by atoms with Crippen LogP contribution in [-0.4, -0.2) is 251 Å². The molecule has 4 saturated heterocycles. The van der Waals surface area contributed by atoms with Crippen molar-refractivity contribution in [1.29, 1.82) is 0 Å². The summed E-state index contributed by atoms with van der Waals surface area (Å²) in [4.78, 5) is 58.9. The molecule has 0 unspecified atom stereocenters. The number of ether oxygens (including phenoxy) is 6. The van der Waals surface area contributed by atoms with E-state index in [-0.39, 0.29) is 125 Å². The smallest absolute Gasteiger partial charge is 0.410 e. The second kappa shape index (κ2) is 43.3. The molecule has 106 heavy (non-hydrogen) atoms. The fourth-order valence-electron chi connectivity index (χ4n) is 16.2. The Balaban J connectivity index is 0.000000436. The standard InChI is InChI=1S/C41H69N2O9.C40H66N2O9.CH4.CH3.HI/c1-8-33(45)30(4)38-34(50-38)27-40(5,48)20-13-14-28(2)37-29(3)17-18-35(41(6,49)21-19-32(44)26-36(46)52-37)51-39(47)42-22-24-43(7,25-23-42)31-15-11-9-10-12-16-31;1-7-32(44)29(4)37-33(49-37)26-39(5,47)19-12-13-27(2)36-28(3)16-17-34(40(6,48)20-18-31(43)25-35(45)51-36)50-38(46)42-23-21-41(22-24-42)30-14-10-8-9-11-15-30;;;/h13-14,17-18,20,29-35,37-38,44-45,48-49H,8-12,15-16,19,21-27H2,1-7H3;12-13,16-17,19,28-34,36-37,43-44,47-48H,7-11,14-15,18,20-26H2,1-6H3;1H4;1H3;1H/q+1;;;-1;/b18-17+,20-13+,28-14+;17-16+,19-12+,27-13+;;;/t29-,30+,32+,33-,34+,35-,37+,38+,40-,41+;28-,29+,31+,32-,33+,34-,36+,37+,39-,40+;;;/m00.../s1. The summed E-state index contributed by atoms with van der Waals surface area (Å²) < 4.78 is 36.3. The molecule has 2 saturated carbocycles. The largest absolute Gasteiger partial charge is 0.457 e. The van der Waals surface area contributed by atoms with Gasteiger partial charge in [-0.2, -0.15) is 0 Å². The molecule has 0 spiro atoms. The lowest BCUT2D eigenvalue weighted by atomic mass is 9.88. The fraction of sp³-hybridized carbons (Fsp3) is 0.795. The zero-order valence-electron chi connectivity index (χ0n) is 66.2. The normalized spacial score (nSPS) is 34.5. The molecule has 22 nitrogen and oxygen atoms in total. The minimum Gasteiger partial charge on any atom is -0.457 e. The van der Waals surface area contributed by atoms with E-state index in [2.05, 4.69) is 11.9 Å². The number of cyclic esters (lactones) is 2. The highest BCUT2D eigenvalue weighted by Crippen LogP contribution is 2.40. The first-order chi connectivity index (χ1) is 48.5. The third-order valence-corrected chi connectivity index (χ3v) is 23.8. The van der Waals surface area contributed by atoms with Gasteiger partial charge in [-0.15, -0.1) is 24.0 Å². The Hall–Kier alpha value is -3.83. The summed E-state index contributed by atoms with van der Waals surface area (Å²) in [5, 5.41) is 87.0. The van der Waals surface area contributed by atoms with E-state index >= 15 is 0 Å². The molecule has 610 valence electrons. The van der Waals surface area contributed by atoms with Gasteiger partial charge in [0.05, 0.1) is 112 Å². The van der Waals surface area contributed by atoms with Crippen molar-refractivity contribution < 1.29 is 92.9 Å². The first-order valence-electron chi connectivity index (χ1n) is 39.4. The molecule has 0 bridgehead atoms. The van der Waals surface area contributed by atoms with Crippen LogP contribution in [0, 0.1) is 31.1 Å². The number of quaternary nitrogens is 1. The summed E-state index contributed by atoms with van der Waals surface area (Å²) in [7, 11) is 2.32. The highest BCUT2D eigenvalue weighted by molar-refractivity contribution is 14.0. The SMILES string of the molecule is C.CC[C@H](O)[C@@H](C)[C@H]1O[C@@H]1C[C@@](C)(O)/C=C/C=C(\C)[C@H]1OC(=O)C[C@H](O)CC[C@@](C)(O)[C@@H](OC(=O)N2CCN(C3CCCCCC3)CC2)/C=C/[C@@H]1C.CC[C@H](O)[C@@H](C)[C@H]1O[C@@H]1C[C@@](C)(O)/C=C/C=C(\C)[C@H]1OC(=O)C[C@H](O)CC[C@@](C)(O)[C@@H](OC(=O)N2CC[N+](C)(C3CCCCCC3)CC2)/C=C/[C@@H]1C.I.[CH3-]. The van der Waals surface area contributed by atoms with Crippen LogP contribution >= 0.6 is 24.0 Å². The molecule has 8 N–H and O–H groups in total. The number of rotatable bonds is 20. The summed E-state index contributed by atoms with van der Waals surface area (Å²) in [5.74, 6) is -1.87. The van der Waals surface area contributed by atoms with Crippen LogP contribution in [-0.2, 0) is 38.0 Å². The van der Waals surface area contributed by atoms with Crippen molar-refractivity contribution in [2.75, 3.05) is 59.4 Å². The molecule has 0 aromatic heterocycles. The highest BCUT2D eigenvalue weighted by atomic mass is 127. The van der Waals surface area contributed by atoms with Crippen LogP contribution in [0.25, 0.3) is 0 Å². The Morgan fingerprint density at radius 1 is 0.623 bits per heavy atom. The predicted molar refractivity (Wildman–Crippen MR) is 425 cm³/mol. The monoisotopic (exact) mass is 1610 g/mol. The number of likely N-dealkylation sites (N-methyl/N-ethyl adjacent to an activating group) is 1. The van der Waals surface area contributed by atoms with Crippen LogP contribution in [0.2, 0.25) is 0 Å². The second-order valence-electron chi connectivity index (χ2n) is 33.3. The number of piperazine rings is 2. The van der Waals surface area contributed by atoms with Crippen LogP contribution in [0.3, 0.4) is 0 Å². The lowest BCUT2D eigenvalue weighted by Crippen LogP contribution is -2.62. The van der Waals surface area contributed by atoms with E-state index in [4.69, 9.17) is 28.4 Å². The van der Waals surface area contributed by atoms with Crippen molar-refractivity contribution >= 4 is 48.1 Å². The third kappa shape index (κ3) is 29.0. The third-order valence-electron chi connectivity index (χ3n) is 23.8. The second-order valence-corrected chi connectivity index (χ2v) is 33.3. The molecule has 8 rings (SSSR count). The fourth-order valence-corrected chi connectivity index (χ4v) is 16.2. The number of hydrogen-bond acceptors (Lipinski definition) is 19. The number of hydrogen-bond donors (Lipinski definition) is 8. The number of nitrogens with zero attached hydrogens (tertiary/aromatic N) is 4. The molecule has 20 atom stereocenters. The molecular formula is C83H143IN4O18. The molecule has 0 aromatic carbocycles. The maximum absolute atomic E-state index is 13.6. The number of amides is 2. The Morgan fingerprint density at radius 3 is 1.37 bits per heavy atom. The molecular weight excluding hydrogens is 1470 g/mol. The molecule has 6 fully saturated rings. The van der Waals surface area contributed by atoms with E-state index < -0.39 is 95.4 Å². The summed E-state index contributed by atoms with van der Waals surface area (Å²) in [6.07, 6.45) is 27.0. The number of epoxide rings is 2. The first-order valence-corrected chi connectivity index (χ1v) is 39.4. The Labute approximate surface area is 654 Å². The van der Waals surface area contributed by atoms with Gasteiger partial charge in [-0.05, 0) is 142 Å². The maximum atomic E-state index is 13.6. The maximum Gasteiger partial charge on any atom is 0.410 e. The topological polar surface area (TPSA) is 302 Å². The van der Waals surface area contributed by atoms with Crippen molar-refractivity contribution in [2.24, 2.45) is 23.7 Å². The number of aliphatic hydroxyl groups excluding tert-OH is 4. The van der Waals surface area contributed by atoms with E-state index in [1.165, 1.54) is 77.0 Å². The predicted octanol–water partition coefficient (Wildman–Crippen LogP) is 11.9. The van der Waals surface area contributed by atoms with Gasteiger partial charge in [-0.3, -0.25) is 19.4 Å². The van der Waals surface area contributed by atoms with Gasteiger partial charge in [0.25, 0.3) is 0 Å². The number of aliphatic hydroxyl groups is 8. The molecule has 23 heteroatoms. The number of halogens is 1. The number of esters is 2. The summed E-state index contributed by atoms with van der Waals surface area (Å²) in [5.41, 5.74) is -3.85. The average Bonchev–Trinajstić information content (AvgIpc) is 1.62. The van der Waals surface area contributed by atoms with Crippen LogP contribution in [0.4, 0.5) is 9.59 Å². The van der Waals surface area contributed by atoms with Gasteiger partial charge in [0.15, 0.2) is 12.2 Å². The van der Waals surface area contributed by atoms with Gasteiger partial charge in [-0.1, -0.05) is 136 Å². The number of carbonyl (C=O) groups excluding carboxylic acids is 4. The van der Waals surface area contributed by atoms with Crippen molar-refractivity contribution in [3.63, 3.8) is 0 Å². The van der Waals surface area contributed by atoms with Crippen molar-refractivity contribution in [2.45, 2.75) is 340 Å². The summed E-state index contributed by atoms with van der Waals surface area (Å²) in [6.45, 7) is 27.5. The van der Waals surface area contributed by atoms with Crippen molar-refractivity contribution in [3.8, 4) is 0 Å².